The zero-order chi connectivity index (χ0) is 17.8. The number of morpholine rings is 1. The van der Waals surface area contributed by atoms with Crippen LogP contribution in [0.15, 0.2) is 34.9 Å². The molecule has 1 atom stereocenters. The van der Waals surface area contributed by atoms with Crippen LogP contribution in [0.5, 0.6) is 0 Å². The molecule has 1 aliphatic heterocycles. The molecule has 7 nitrogen and oxygen atoms in total. The molecule has 132 valence electrons. The van der Waals surface area contributed by atoms with Crippen LogP contribution in [-0.4, -0.2) is 52.7 Å². The predicted molar refractivity (Wildman–Crippen MR) is 89.2 cm³/mol. The van der Waals surface area contributed by atoms with Crippen molar-refractivity contribution in [3.63, 3.8) is 0 Å². The number of carbonyl (C=O) groups excluding carboxylic acids is 1. The second kappa shape index (κ2) is 7.67. The number of halogens is 1. The third kappa shape index (κ3) is 4.18. The number of nitrogens with zero attached hydrogens (tertiary/aromatic N) is 2. The fourth-order valence-corrected chi connectivity index (χ4v) is 2.76. The molecule has 1 fully saturated rings. The third-order valence-corrected chi connectivity index (χ3v) is 4.22. The van der Waals surface area contributed by atoms with E-state index in [1.165, 1.54) is 4.90 Å². The molecule has 2 heterocycles. The van der Waals surface area contributed by atoms with Crippen LogP contribution < -0.4 is 0 Å². The quantitative estimate of drug-likeness (QED) is 0.874. The highest BCUT2D eigenvalue weighted by molar-refractivity contribution is 6.30. The molecule has 1 amide bonds. The average Bonchev–Trinajstić information content (AvgIpc) is 3.09. The SMILES string of the molecule is O=C(O)C1COCCN1C(=O)CCc1ncc(-c2ccc(Cl)cc2)o1. The van der Waals surface area contributed by atoms with E-state index in [1.807, 2.05) is 12.1 Å². The van der Waals surface area contributed by atoms with Gasteiger partial charge in [0.05, 0.1) is 19.4 Å². The summed E-state index contributed by atoms with van der Waals surface area (Å²) in [5.74, 6) is -0.288. The molecule has 3 rings (SSSR count). The van der Waals surface area contributed by atoms with Crippen LogP contribution in [0.25, 0.3) is 11.3 Å². The van der Waals surface area contributed by atoms with Crippen molar-refractivity contribution in [3.8, 4) is 11.3 Å². The summed E-state index contributed by atoms with van der Waals surface area (Å²) in [7, 11) is 0. The largest absolute Gasteiger partial charge is 0.480 e. The molecule has 0 saturated carbocycles. The summed E-state index contributed by atoms with van der Waals surface area (Å²) >= 11 is 5.86. The normalized spacial score (nSPS) is 17.5. The van der Waals surface area contributed by atoms with E-state index in [2.05, 4.69) is 4.98 Å². The first-order valence-corrected chi connectivity index (χ1v) is 8.23. The Morgan fingerprint density at radius 2 is 2.08 bits per heavy atom. The van der Waals surface area contributed by atoms with Gasteiger partial charge in [0.1, 0.15) is 0 Å². The van der Waals surface area contributed by atoms with Gasteiger partial charge in [-0.15, -0.1) is 0 Å². The summed E-state index contributed by atoms with van der Waals surface area (Å²) < 4.78 is 10.8. The van der Waals surface area contributed by atoms with E-state index in [0.29, 0.717) is 29.7 Å². The maximum Gasteiger partial charge on any atom is 0.328 e. The molecule has 1 saturated heterocycles. The highest BCUT2D eigenvalue weighted by atomic mass is 35.5. The van der Waals surface area contributed by atoms with E-state index in [9.17, 15) is 14.7 Å². The number of oxazole rings is 1. The summed E-state index contributed by atoms with van der Waals surface area (Å²) in [6, 6.07) is 6.22. The highest BCUT2D eigenvalue weighted by Crippen LogP contribution is 2.23. The molecule has 0 bridgehead atoms. The van der Waals surface area contributed by atoms with Crippen molar-refractivity contribution in [1.29, 1.82) is 0 Å². The Morgan fingerprint density at radius 1 is 1.32 bits per heavy atom. The van der Waals surface area contributed by atoms with Crippen LogP contribution in [0.3, 0.4) is 0 Å². The van der Waals surface area contributed by atoms with Gasteiger partial charge in [-0.25, -0.2) is 9.78 Å². The third-order valence-electron chi connectivity index (χ3n) is 3.97. The minimum absolute atomic E-state index is 0.0147. The number of carbonyl (C=O) groups is 2. The lowest BCUT2D eigenvalue weighted by Crippen LogP contribution is -2.52. The van der Waals surface area contributed by atoms with Crippen LogP contribution in [0.2, 0.25) is 5.02 Å². The molecule has 1 unspecified atom stereocenters. The van der Waals surface area contributed by atoms with Gasteiger partial charge in [-0.2, -0.15) is 0 Å². The standard InChI is InChI=1S/C17H17ClN2O5/c18-12-3-1-11(2-4-12)14-9-19-15(25-14)5-6-16(21)20-7-8-24-10-13(20)17(22)23/h1-4,9,13H,5-8,10H2,(H,22,23). The van der Waals surface area contributed by atoms with Crippen molar-refractivity contribution >= 4 is 23.5 Å². The molecule has 1 aromatic carbocycles. The van der Waals surface area contributed by atoms with Crippen LogP contribution >= 0.6 is 11.6 Å². The van der Waals surface area contributed by atoms with E-state index in [-0.39, 0.29) is 25.5 Å². The minimum atomic E-state index is -1.06. The van der Waals surface area contributed by atoms with Crippen molar-refractivity contribution in [2.45, 2.75) is 18.9 Å². The van der Waals surface area contributed by atoms with Crippen LogP contribution in [0.4, 0.5) is 0 Å². The first kappa shape index (κ1) is 17.4. The number of carboxylic acids is 1. The monoisotopic (exact) mass is 364 g/mol. The Kier molecular flexibility index (Phi) is 5.35. The zero-order valence-electron chi connectivity index (χ0n) is 13.4. The average molecular weight is 365 g/mol. The maximum absolute atomic E-state index is 12.3. The van der Waals surface area contributed by atoms with Crippen LogP contribution in [0, 0.1) is 0 Å². The first-order valence-electron chi connectivity index (χ1n) is 7.85. The molecule has 1 aliphatic rings. The van der Waals surface area contributed by atoms with Crippen LogP contribution in [0.1, 0.15) is 12.3 Å². The van der Waals surface area contributed by atoms with Gasteiger partial charge in [-0.1, -0.05) is 11.6 Å². The van der Waals surface area contributed by atoms with E-state index >= 15 is 0 Å². The van der Waals surface area contributed by atoms with Crippen molar-refractivity contribution in [2.24, 2.45) is 0 Å². The fraction of sp³-hybridized carbons (Fsp3) is 0.353. The number of amides is 1. The second-order valence-electron chi connectivity index (χ2n) is 5.64. The Hall–Kier alpha value is -2.38. The number of ether oxygens (including phenoxy) is 1. The summed E-state index contributed by atoms with van der Waals surface area (Å²) in [6.45, 7) is 0.632. The summed E-state index contributed by atoms with van der Waals surface area (Å²) in [6.07, 6.45) is 2.03. The first-order chi connectivity index (χ1) is 12.0. The van der Waals surface area contributed by atoms with Gasteiger partial charge in [-0.05, 0) is 24.3 Å². The molecule has 8 heteroatoms. The van der Waals surface area contributed by atoms with Crippen molar-refractivity contribution in [3.05, 3.63) is 41.4 Å². The Morgan fingerprint density at radius 3 is 2.80 bits per heavy atom. The summed E-state index contributed by atoms with van der Waals surface area (Å²) in [5, 5.41) is 9.81. The lowest BCUT2D eigenvalue weighted by molar-refractivity contribution is -0.158. The lowest BCUT2D eigenvalue weighted by Gasteiger charge is -2.32. The Labute approximate surface area is 149 Å². The van der Waals surface area contributed by atoms with Gasteiger partial charge in [-0.3, -0.25) is 4.79 Å². The predicted octanol–water partition coefficient (Wildman–Crippen LogP) is 2.24. The second-order valence-corrected chi connectivity index (χ2v) is 6.08. The van der Waals surface area contributed by atoms with Gasteiger partial charge in [0.25, 0.3) is 0 Å². The van der Waals surface area contributed by atoms with E-state index in [0.717, 1.165) is 5.56 Å². The highest BCUT2D eigenvalue weighted by Gasteiger charge is 2.32. The van der Waals surface area contributed by atoms with Gasteiger partial charge >= 0.3 is 5.97 Å². The van der Waals surface area contributed by atoms with E-state index in [4.69, 9.17) is 20.8 Å². The lowest BCUT2D eigenvalue weighted by atomic mass is 10.2. The smallest absolute Gasteiger partial charge is 0.328 e. The van der Waals surface area contributed by atoms with Gasteiger partial charge in [0.15, 0.2) is 17.7 Å². The molecule has 1 N–H and O–H groups in total. The van der Waals surface area contributed by atoms with Crippen LogP contribution in [-0.2, 0) is 20.7 Å². The van der Waals surface area contributed by atoms with Crippen molar-refractivity contribution < 1.29 is 23.8 Å². The number of hydrogen-bond donors (Lipinski definition) is 1. The number of carboxylic acid groups (broad SMARTS) is 1. The molecule has 0 radical (unpaired) electrons. The molecule has 0 aliphatic carbocycles. The topological polar surface area (TPSA) is 92.9 Å². The molecular weight excluding hydrogens is 348 g/mol. The molecular formula is C17H17ClN2O5. The van der Waals surface area contributed by atoms with Crippen molar-refractivity contribution in [2.75, 3.05) is 19.8 Å². The van der Waals surface area contributed by atoms with E-state index < -0.39 is 12.0 Å². The number of aromatic nitrogens is 1. The molecule has 2 aromatic rings. The Balaban J connectivity index is 1.61. The maximum atomic E-state index is 12.3. The van der Waals surface area contributed by atoms with Gasteiger partial charge in [0, 0.05) is 30.0 Å². The summed E-state index contributed by atoms with van der Waals surface area (Å²) in [5.41, 5.74) is 0.841. The Bertz CT molecular complexity index is 759. The van der Waals surface area contributed by atoms with E-state index in [1.54, 1.807) is 18.3 Å². The molecule has 0 spiro atoms. The van der Waals surface area contributed by atoms with Gasteiger partial charge < -0.3 is 19.2 Å². The van der Waals surface area contributed by atoms with Crippen molar-refractivity contribution in [1.82, 2.24) is 9.88 Å². The molecule has 1 aromatic heterocycles. The summed E-state index contributed by atoms with van der Waals surface area (Å²) in [4.78, 5) is 29.1. The number of benzene rings is 1. The zero-order valence-corrected chi connectivity index (χ0v) is 14.1. The fourth-order valence-electron chi connectivity index (χ4n) is 2.64. The number of aliphatic carboxylic acids is 1. The number of rotatable bonds is 5. The minimum Gasteiger partial charge on any atom is -0.480 e. The number of hydrogen-bond acceptors (Lipinski definition) is 5. The van der Waals surface area contributed by atoms with Gasteiger partial charge in [0.2, 0.25) is 5.91 Å². The number of aryl methyl sites for hydroxylation is 1. The molecule has 25 heavy (non-hydrogen) atoms.